The number of hydrogen-bond donors (Lipinski definition) is 1. The smallest absolute Gasteiger partial charge is 0.381 e. The fourth-order valence-electron chi connectivity index (χ4n) is 1.40. The van der Waals surface area contributed by atoms with E-state index >= 15 is 0 Å². The molecule has 0 aliphatic carbocycles. The molecule has 0 amide bonds. The number of hydrogen-bond acceptors (Lipinski definition) is 2. The summed E-state index contributed by atoms with van der Waals surface area (Å²) in [5.41, 5.74) is 0.583. The fourth-order valence-corrected chi connectivity index (χ4v) is 1.57. The molecule has 1 aromatic carbocycles. The summed E-state index contributed by atoms with van der Waals surface area (Å²) in [7, 11) is 0. The normalized spacial score (nSPS) is 12.9. The first-order valence-electron chi connectivity index (χ1n) is 4.85. The molecule has 1 atom stereocenters. The Kier molecular flexibility index (Phi) is 4.24. The lowest BCUT2D eigenvalue weighted by atomic mass is 10.1. The molecule has 0 aliphatic heterocycles. The summed E-state index contributed by atoms with van der Waals surface area (Å²) in [6.45, 7) is 1.41. The second kappa shape index (κ2) is 5.28. The van der Waals surface area contributed by atoms with E-state index in [1.807, 2.05) is 6.07 Å². The molecular weight excluding hydrogens is 253 g/mol. The average Bonchev–Trinajstić information content (AvgIpc) is 2.17. The van der Waals surface area contributed by atoms with Crippen LogP contribution in [-0.2, 0) is 0 Å². The van der Waals surface area contributed by atoms with Gasteiger partial charge in [0.05, 0.1) is 17.7 Å². The summed E-state index contributed by atoms with van der Waals surface area (Å²) in [4.78, 5) is 0. The lowest BCUT2D eigenvalue weighted by Gasteiger charge is -2.17. The van der Waals surface area contributed by atoms with E-state index in [1.54, 1.807) is 0 Å². The van der Waals surface area contributed by atoms with Gasteiger partial charge in [0.2, 0.25) is 0 Å². The van der Waals surface area contributed by atoms with E-state index in [9.17, 15) is 13.2 Å². The zero-order valence-corrected chi connectivity index (χ0v) is 9.73. The van der Waals surface area contributed by atoms with Crippen LogP contribution in [0.3, 0.4) is 0 Å². The second-order valence-electron chi connectivity index (χ2n) is 3.67. The van der Waals surface area contributed by atoms with Crippen LogP contribution >= 0.6 is 11.6 Å². The van der Waals surface area contributed by atoms with Gasteiger partial charge >= 0.3 is 6.18 Å². The molecule has 0 spiro atoms. The van der Waals surface area contributed by atoms with Crippen molar-refractivity contribution in [2.75, 3.05) is 5.32 Å². The molecule has 1 N–H and O–H groups in total. The highest BCUT2D eigenvalue weighted by Crippen LogP contribution is 2.25. The molecule has 2 nitrogen and oxygen atoms in total. The average molecular weight is 263 g/mol. The Balaban J connectivity index is 2.79. The molecule has 0 heterocycles. The van der Waals surface area contributed by atoms with Crippen molar-refractivity contribution in [3.63, 3.8) is 0 Å². The fraction of sp³-hybridized carbons (Fsp3) is 0.364. The van der Waals surface area contributed by atoms with E-state index in [0.717, 1.165) is 0 Å². The highest BCUT2D eigenvalue weighted by molar-refractivity contribution is 6.30. The van der Waals surface area contributed by atoms with Gasteiger partial charge in [-0.2, -0.15) is 18.4 Å². The van der Waals surface area contributed by atoms with Crippen LogP contribution in [0.15, 0.2) is 18.2 Å². The van der Waals surface area contributed by atoms with E-state index in [-0.39, 0.29) is 5.56 Å². The van der Waals surface area contributed by atoms with Gasteiger partial charge in [0, 0.05) is 11.1 Å². The Morgan fingerprint density at radius 2 is 2.12 bits per heavy atom. The molecule has 0 aromatic heterocycles. The third kappa shape index (κ3) is 4.53. The van der Waals surface area contributed by atoms with E-state index in [0.29, 0.717) is 10.7 Å². The molecule has 0 radical (unpaired) electrons. The number of nitrogens with one attached hydrogen (secondary N) is 1. The number of anilines is 1. The van der Waals surface area contributed by atoms with Crippen molar-refractivity contribution in [1.29, 1.82) is 5.26 Å². The van der Waals surface area contributed by atoms with Crippen molar-refractivity contribution in [2.24, 2.45) is 0 Å². The number of nitriles is 1. The van der Waals surface area contributed by atoms with Crippen molar-refractivity contribution in [3.8, 4) is 6.07 Å². The Morgan fingerprint density at radius 1 is 1.47 bits per heavy atom. The molecule has 92 valence electrons. The molecule has 0 fully saturated rings. The van der Waals surface area contributed by atoms with Crippen LogP contribution in [0, 0.1) is 11.3 Å². The van der Waals surface area contributed by atoms with Crippen LogP contribution in [-0.4, -0.2) is 12.2 Å². The molecule has 0 saturated carbocycles. The zero-order valence-electron chi connectivity index (χ0n) is 8.98. The van der Waals surface area contributed by atoms with Gasteiger partial charge in [-0.25, -0.2) is 0 Å². The third-order valence-electron chi connectivity index (χ3n) is 2.04. The third-order valence-corrected chi connectivity index (χ3v) is 2.28. The topological polar surface area (TPSA) is 35.8 Å². The summed E-state index contributed by atoms with van der Waals surface area (Å²) < 4.78 is 36.4. The number of halogens is 4. The summed E-state index contributed by atoms with van der Waals surface area (Å²) in [5.74, 6) is 0. The largest absolute Gasteiger partial charge is 0.391 e. The molecule has 0 aliphatic rings. The number of rotatable bonds is 3. The quantitative estimate of drug-likeness (QED) is 0.895. The molecule has 1 rings (SSSR count). The predicted molar refractivity (Wildman–Crippen MR) is 59.9 cm³/mol. The van der Waals surface area contributed by atoms with Crippen molar-refractivity contribution < 1.29 is 13.2 Å². The van der Waals surface area contributed by atoms with Gasteiger partial charge < -0.3 is 5.32 Å². The van der Waals surface area contributed by atoms with E-state index in [1.165, 1.54) is 25.1 Å². The molecule has 6 heteroatoms. The first-order valence-corrected chi connectivity index (χ1v) is 5.22. The van der Waals surface area contributed by atoms with Crippen LogP contribution in [0.4, 0.5) is 18.9 Å². The Hall–Kier alpha value is -1.41. The molecule has 0 saturated heterocycles. The lowest BCUT2D eigenvalue weighted by Crippen LogP contribution is -2.24. The van der Waals surface area contributed by atoms with Crippen LogP contribution in [0.1, 0.15) is 18.9 Å². The first-order chi connectivity index (χ1) is 7.81. The Labute approximate surface area is 102 Å². The van der Waals surface area contributed by atoms with Gasteiger partial charge in [-0.1, -0.05) is 11.6 Å². The zero-order chi connectivity index (χ0) is 13.1. The van der Waals surface area contributed by atoms with Gasteiger partial charge in [-0.3, -0.25) is 0 Å². The molecule has 1 unspecified atom stereocenters. The van der Waals surface area contributed by atoms with Crippen molar-refractivity contribution in [1.82, 2.24) is 0 Å². The van der Waals surface area contributed by atoms with Gasteiger partial charge in [0.25, 0.3) is 0 Å². The number of nitrogens with zero attached hydrogens (tertiary/aromatic N) is 1. The van der Waals surface area contributed by atoms with Gasteiger partial charge in [0.1, 0.15) is 6.07 Å². The standard InChI is InChI=1S/C11H10ClF3N2/c1-7(5-11(13,14)15)17-10-3-2-9(12)4-8(10)6-16/h2-4,7,17H,5H2,1H3. The molecule has 1 aromatic rings. The second-order valence-corrected chi connectivity index (χ2v) is 4.10. The van der Waals surface area contributed by atoms with E-state index in [4.69, 9.17) is 16.9 Å². The van der Waals surface area contributed by atoms with Crippen LogP contribution in [0.5, 0.6) is 0 Å². The summed E-state index contributed by atoms with van der Waals surface area (Å²) in [5, 5.41) is 11.8. The molecule has 0 bridgehead atoms. The van der Waals surface area contributed by atoms with Crippen LogP contribution < -0.4 is 5.32 Å². The Morgan fingerprint density at radius 3 is 2.65 bits per heavy atom. The SMILES string of the molecule is CC(CC(F)(F)F)Nc1ccc(Cl)cc1C#N. The molecular formula is C11H10ClF3N2. The Bertz CT molecular complexity index is 437. The highest BCUT2D eigenvalue weighted by Gasteiger charge is 2.30. The summed E-state index contributed by atoms with van der Waals surface area (Å²) >= 11 is 5.68. The number of alkyl halides is 3. The van der Waals surface area contributed by atoms with Crippen molar-refractivity contribution in [2.45, 2.75) is 25.6 Å². The van der Waals surface area contributed by atoms with Gasteiger partial charge in [-0.05, 0) is 25.1 Å². The van der Waals surface area contributed by atoms with Crippen LogP contribution in [0.25, 0.3) is 0 Å². The number of benzene rings is 1. The summed E-state index contributed by atoms with van der Waals surface area (Å²) in [6, 6.07) is 5.49. The van der Waals surface area contributed by atoms with E-state index in [2.05, 4.69) is 5.32 Å². The maximum absolute atomic E-state index is 12.1. The first kappa shape index (κ1) is 13.7. The minimum absolute atomic E-state index is 0.228. The van der Waals surface area contributed by atoms with Crippen molar-refractivity contribution in [3.05, 3.63) is 28.8 Å². The maximum atomic E-state index is 12.1. The van der Waals surface area contributed by atoms with Crippen molar-refractivity contribution >= 4 is 17.3 Å². The minimum Gasteiger partial charge on any atom is -0.381 e. The monoisotopic (exact) mass is 262 g/mol. The molecule has 17 heavy (non-hydrogen) atoms. The van der Waals surface area contributed by atoms with Gasteiger partial charge in [0.15, 0.2) is 0 Å². The maximum Gasteiger partial charge on any atom is 0.391 e. The van der Waals surface area contributed by atoms with E-state index < -0.39 is 18.6 Å². The predicted octanol–water partition coefficient (Wildman–Crippen LogP) is 3.96. The highest BCUT2D eigenvalue weighted by atomic mass is 35.5. The lowest BCUT2D eigenvalue weighted by molar-refractivity contribution is -0.136. The van der Waals surface area contributed by atoms with Crippen LogP contribution in [0.2, 0.25) is 5.02 Å². The minimum atomic E-state index is -4.23. The van der Waals surface area contributed by atoms with Gasteiger partial charge in [-0.15, -0.1) is 0 Å². The summed E-state index contributed by atoms with van der Waals surface area (Å²) in [6.07, 6.45) is -5.19.